The molecule has 1 amide bonds. The molecule has 2 saturated carbocycles. The van der Waals surface area contributed by atoms with Crippen molar-refractivity contribution in [3.8, 4) is 0 Å². The van der Waals surface area contributed by atoms with Gasteiger partial charge < -0.3 is 5.32 Å². The molecule has 2 aliphatic carbocycles. The van der Waals surface area contributed by atoms with Crippen LogP contribution in [0.5, 0.6) is 0 Å². The van der Waals surface area contributed by atoms with E-state index >= 15 is 0 Å². The highest BCUT2D eigenvalue weighted by molar-refractivity contribution is 7.90. The fourth-order valence-corrected chi connectivity index (χ4v) is 5.76. The van der Waals surface area contributed by atoms with Crippen molar-refractivity contribution < 1.29 is 35.2 Å². The van der Waals surface area contributed by atoms with Gasteiger partial charge in [0, 0.05) is 36.8 Å². The normalized spacial score (nSPS) is 24.9. The third kappa shape index (κ3) is 4.97. The van der Waals surface area contributed by atoms with Gasteiger partial charge in [-0.25, -0.2) is 17.2 Å². The molecule has 1 aromatic heterocycles. The first-order valence-corrected chi connectivity index (χ1v) is 13.5. The minimum Gasteiger partial charge on any atom is -0.348 e. The second-order valence-electron chi connectivity index (χ2n) is 9.96. The van der Waals surface area contributed by atoms with Crippen LogP contribution in [-0.2, 0) is 27.4 Å². The van der Waals surface area contributed by atoms with Crippen molar-refractivity contribution in [2.75, 3.05) is 6.26 Å². The highest BCUT2D eigenvalue weighted by atomic mass is 32.2. The molecule has 4 atom stereocenters. The average Bonchev–Trinajstić information content (AvgIpc) is 3.71. The zero-order valence-corrected chi connectivity index (χ0v) is 20.0. The van der Waals surface area contributed by atoms with Crippen LogP contribution >= 0.6 is 0 Å². The summed E-state index contributed by atoms with van der Waals surface area (Å²) in [5.74, 6) is -3.10. The molecule has 1 N–H and O–H groups in total. The Morgan fingerprint density at radius 1 is 1.14 bits per heavy atom. The number of hydrogen-bond acceptors (Lipinski definition) is 5. The van der Waals surface area contributed by atoms with Gasteiger partial charge in [-0.15, -0.1) is 0 Å². The van der Waals surface area contributed by atoms with Crippen LogP contribution < -0.4 is 5.32 Å². The van der Waals surface area contributed by atoms with Gasteiger partial charge in [0.05, 0.1) is 22.5 Å². The molecule has 1 aliphatic heterocycles. The van der Waals surface area contributed by atoms with Crippen molar-refractivity contribution in [2.24, 2.45) is 11.8 Å². The van der Waals surface area contributed by atoms with Crippen molar-refractivity contribution in [1.29, 1.82) is 0 Å². The summed E-state index contributed by atoms with van der Waals surface area (Å²) in [4.78, 5) is 19.3. The van der Waals surface area contributed by atoms with Crippen molar-refractivity contribution in [1.82, 2.24) is 15.2 Å². The lowest BCUT2D eigenvalue weighted by Gasteiger charge is -2.29. The molecule has 1 aromatic carbocycles. The number of fused-ring (bicyclic) bond motifs is 1. The van der Waals surface area contributed by atoms with Crippen LogP contribution in [0.2, 0.25) is 0 Å². The van der Waals surface area contributed by atoms with Gasteiger partial charge in [-0.3, -0.25) is 14.7 Å². The minimum absolute atomic E-state index is 0.0705. The molecule has 1 saturated heterocycles. The molecule has 36 heavy (non-hydrogen) atoms. The van der Waals surface area contributed by atoms with E-state index in [2.05, 4.69) is 10.3 Å². The number of carbonyl (C=O) groups excluding carboxylic acids is 1. The summed E-state index contributed by atoms with van der Waals surface area (Å²) in [6, 6.07) is 0.809. The Morgan fingerprint density at radius 2 is 1.86 bits per heavy atom. The summed E-state index contributed by atoms with van der Waals surface area (Å²) in [6.07, 6.45) is 1.56. The van der Waals surface area contributed by atoms with E-state index in [0.29, 0.717) is 36.8 Å². The van der Waals surface area contributed by atoms with Gasteiger partial charge in [-0.1, -0.05) is 0 Å². The van der Waals surface area contributed by atoms with Crippen molar-refractivity contribution >= 4 is 15.7 Å². The van der Waals surface area contributed by atoms with Gasteiger partial charge in [-0.2, -0.15) is 13.2 Å². The molecule has 0 radical (unpaired) electrons. The molecule has 2 heterocycles. The number of aromatic nitrogens is 1. The Morgan fingerprint density at radius 3 is 2.50 bits per heavy atom. The number of pyridine rings is 1. The molecule has 5 rings (SSSR count). The summed E-state index contributed by atoms with van der Waals surface area (Å²) < 4.78 is 91.6. The number of likely N-dealkylation sites (tertiary alicyclic amines) is 1. The third-order valence-corrected chi connectivity index (χ3v) is 8.30. The zero-order valence-electron chi connectivity index (χ0n) is 19.2. The third-order valence-electron chi connectivity index (χ3n) is 7.22. The first kappa shape index (κ1) is 25.1. The van der Waals surface area contributed by atoms with Crippen LogP contribution in [0, 0.1) is 23.5 Å². The quantitative estimate of drug-likeness (QED) is 0.549. The number of rotatable bonds is 7. The number of amides is 1. The molecule has 12 heteroatoms. The zero-order chi connectivity index (χ0) is 26.0. The second kappa shape index (κ2) is 8.76. The molecule has 6 nitrogen and oxygen atoms in total. The highest BCUT2D eigenvalue weighted by Gasteiger charge is 2.54. The largest absolute Gasteiger partial charge is 0.419 e. The van der Waals surface area contributed by atoms with Crippen LogP contribution in [0.1, 0.15) is 48.4 Å². The van der Waals surface area contributed by atoms with Gasteiger partial charge >= 0.3 is 6.18 Å². The van der Waals surface area contributed by atoms with E-state index in [1.165, 1.54) is 18.5 Å². The Hall–Kier alpha value is -2.60. The van der Waals surface area contributed by atoms with Gasteiger partial charge in [0.1, 0.15) is 11.6 Å². The van der Waals surface area contributed by atoms with E-state index < -0.39 is 51.2 Å². The number of sulfone groups is 1. The number of piperidine rings is 1. The number of hydrogen-bond donors (Lipinski definition) is 1. The minimum atomic E-state index is -5.03. The summed E-state index contributed by atoms with van der Waals surface area (Å²) in [5, 5.41) is 2.78. The maximum atomic E-state index is 14.7. The summed E-state index contributed by atoms with van der Waals surface area (Å²) >= 11 is 0. The maximum absolute atomic E-state index is 14.7. The molecule has 0 bridgehead atoms. The number of benzene rings is 1. The lowest BCUT2D eigenvalue weighted by Crippen LogP contribution is -2.46. The smallest absolute Gasteiger partial charge is 0.348 e. The van der Waals surface area contributed by atoms with Crippen LogP contribution in [0.4, 0.5) is 22.0 Å². The summed E-state index contributed by atoms with van der Waals surface area (Å²) in [6.45, 7) is 0.285. The number of nitrogens with one attached hydrogen (secondary N) is 1. The molecular weight excluding hydrogens is 505 g/mol. The predicted octanol–water partition coefficient (Wildman–Crippen LogP) is 4.01. The van der Waals surface area contributed by atoms with Crippen LogP contribution in [0.3, 0.4) is 0 Å². The Kier molecular flexibility index (Phi) is 6.10. The Labute approximate surface area is 204 Å². The maximum Gasteiger partial charge on any atom is 0.419 e. The molecular formula is C24H24F5N3O3S. The van der Waals surface area contributed by atoms with Gasteiger partial charge in [0.15, 0.2) is 9.84 Å². The monoisotopic (exact) mass is 529 g/mol. The number of alkyl halides is 3. The fourth-order valence-electron chi connectivity index (χ4n) is 5.14. The van der Waals surface area contributed by atoms with E-state index in [-0.39, 0.29) is 35.0 Å². The molecule has 194 valence electrons. The van der Waals surface area contributed by atoms with Gasteiger partial charge in [0.2, 0.25) is 5.91 Å². The van der Waals surface area contributed by atoms with E-state index in [9.17, 15) is 35.2 Å². The molecule has 3 aliphatic rings. The van der Waals surface area contributed by atoms with Crippen LogP contribution in [0.25, 0.3) is 0 Å². The SMILES string of the molecule is CS(=O)(=O)c1cncc(CN2[C@@H](C(=O)N[C@@H](c3cc(F)c(C(F)(F)F)cc3F)C3CC3)C[C@H]3C[C@H]32)c1. The number of nitrogens with zero attached hydrogens (tertiary/aromatic N) is 2. The first-order valence-electron chi connectivity index (χ1n) is 11.6. The van der Waals surface area contributed by atoms with Crippen molar-refractivity contribution in [2.45, 2.75) is 61.4 Å². The topological polar surface area (TPSA) is 79.4 Å². The van der Waals surface area contributed by atoms with Gasteiger partial charge in [-0.05, 0) is 61.3 Å². The first-order chi connectivity index (χ1) is 16.8. The fraction of sp³-hybridized carbons (Fsp3) is 0.500. The lowest BCUT2D eigenvalue weighted by molar-refractivity contribution is -0.140. The highest BCUT2D eigenvalue weighted by Crippen LogP contribution is 2.49. The average molecular weight is 530 g/mol. The van der Waals surface area contributed by atoms with Gasteiger partial charge in [0.25, 0.3) is 0 Å². The summed E-state index contributed by atoms with van der Waals surface area (Å²) in [7, 11) is -3.46. The van der Waals surface area contributed by atoms with Crippen molar-refractivity contribution in [3.63, 3.8) is 0 Å². The van der Waals surface area contributed by atoms with Crippen LogP contribution in [0.15, 0.2) is 35.5 Å². The molecule has 0 spiro atoms. The van der Waals surface area contributed by atoms with E-state index in [1.54, 1.807) is 0 Å². The number of halogens is 5. The lowest BCUT2D eigenvalue weighted by atomic mass is 9.98. The summed E-state index contributed by atoms with van der Waals surface area (Å²) in [5.41, 5.74) is -1.36. The Bertz CT molecular complexity index is 1310. The molecule has 3 fully saturated rings. The van der Waals surface area contributed by atoms with E-state index in [4.69, 9.17) is 0 Å². The molecule has 0 unspecified atom stereocenters. The van der Waals surface area contributed by atoms with E-state index in [1.807, 2.05) is 4.90 Å². The molecule has 2 aromatic rings. The second-order valence-corrected chi connectivity index (χ2v) is 12.0. The predicted molar refractivity (Wildman–Crippen MR) is 118 cm³/mol. The van der Waals surface area contributed by atoms with Crippen molar-refractivity contribution in [3.05, 3.63) is 58.9 Å². The standard InChI is InChI=1S/C24H24F5N3O3S/c1-36(34,35)15-4-12(9-30-10-15)11-32-20-5-14(20)6-21(32)23(33)31-22(13-2-3-13)16-7-19(26)17(8-18(16)25)24(27,28)29/h4,7-10,13-14,20-22H,2-3,5-6,11H2,1H3,(H,31,33)/t14-,20-,21-,22-/m1/s1. The van der Waals surface area contributed by atoms with Crippen LogP contribution in [-0.4, -0.2) is 42.5 Å². The van der Waals surface area contributed by atoms with E-state index in [0.717, 1.165) is 12.7 Å². The number of carbonyl (C=O) groups is 1. The Balaban J connectivity index is 1.36.